The van der Waals surface area contributed by atoms with Crippen LogP contribution in [0.3, 0.4) is 0 Å². The number of amidine groups is 1. The Morgan fingerprint density at radius 1 is 1.17 bits per heavy atom. The van der Waals surface area contributed by atoms with Gasteiger partial charge in [0.15, 0.2) is 15.0 Å². The first kappa shape index (κ1) is 20.0. The molecule has 6 nitrogen and oxygen atoms in total. The van der Waals surface area contributed by atoms with Gasteiger partial charge < -0.3 is 10.2 Å². The van der Waals surface area contributed by atoms with Crippen molar-refractivity contribution in [2.75, 3.05) is 27.5 Å². The van der Waals surface area contributed by atoms with Gasteiger partial charge in [-0.2, -0.15) is 0 Å². The second-order valence-electron chi connectivity index (χ2n) is 7.48. The molecule has 0 saturated carbocycles. The molecule has 1 N–H and O–H groups in total. The maximum atomic E-state index is 12.5. The normalized spacial score (nSPS) is 22.3. The van der Waals surface area contributed by atoms with Gasteiger partial charge in [-0.05, 0) is 37.6 Å². The van der Waals surface area contributed by atoms with Crippen molar-refractivity contribution in [2.24, 2.45) is 4.99 Å². The standard InChI is InChI=1S/C21H23N3O3S2/c1-14-8-9-17(15(2)10-14)22-20(25)11-28-21-23-18-12-29(26,27)13-19(18)24(21)16-6-4-3-5-7-16/h3-10,18-19H,11-13H2,1-2H3,(H,22,25)/t18-,19-/m1/s1. The minimum atomic E-state index is -3.09. The number of sulfone groups is 1. The third-order valence-corrected chi connectivity index (χ3v) is 7.80. The Labute approximate surface area is 175 Å². The number of carbonyl (C=O) groups is 1. The first-order chi connectivity index (χ1) is 13.8. The molecular weight excluding hydrogens is 406 g/mol. The van der Waals surface area contributed by atoms with E-state index in [9.17, 15) is 13.2 Å². The van der Waals surface area contributed by atoms with Crippen LogP contribution in [0.1, 0.15) is 11.1 Å². The number of fused-ring (bicyclic) bond motifs is 1. The van der Waals surface area contributed by atoms with Crippen molar-refractivity contribution >= 4 is 44.0 Å². The molecule has 2 aliphatic rings. The zero-order valence-corrected chi connectivity index (χ0v) is 18.0. The van der Waals surface area contributed by atoms with E-state index in [-0.39, 0.29) is 35.2 Å². The van der Waals surface area contributed by atoms with E-state index in [2.05, 4.69) is 10.3 Å². The molecule has 0 aromatic heterocycles. The van der Waals surface area contributed by atoms with Crippen molar-refractivity contribution in [1.82, 2.24) is 0 Å². The maximum Gasteiger partial charge on any atom is 0.234 e. The Kier molecular flexibility index (Phi) is 5.40. The molecule has 29 heavy (non-hydrogen) atoms. The maximum absolute atomic E-state index is 12.5. The number of thioether (sulfide) groups is 1. The van der Waals surface area contributed by atoms with E-state index in [1.165, 1.54) is 11.8 Å². The number of carbonyl (C=O) groups excluding carboxylic acids is 1. The number of aryl methyl sites for hydroxylation is 2. The summed E-state index contributed by atoms with van der Waals surface area (Å²) in [6.07, 6.45) is 0. The lowest BCUT2D eigenvalue weighted by atomic mass is 10.1. The summed E-state index contributed by atoms with van der Waals surface area (Å²) in [4.78, 5) is 19.1. The van der Waals surface area contributed by atoms with Crippen LogP contribution in [-0.4, -0.2) is 48.8 Å². The van der Waals surface area contributed by atoms with Crippen molar-refractivity contribution in [3.8, 4) is 0 Å². The van der Waals surface area contributed by atoms with E-state index in [4.69, 9.17) is 0 Å². The average molecular weight is 430 g/mol. The summed E-state index contributed by atoms with van der Waals surface area (Å²) in [7, 11) is -3.09. The second-order valence-corrected chi connectivity index (χ2v) is 10.6. The minimum Gasteiger partial charge on any atom is -0.325 e. The Balaban J connectivity index is 1.48. The number of nitrogens with one attached hydrogen (secondary N) is 1. The quantitative estimate of drug-likeness (QED) is 0.808. The highest BCUT2D eigenvalue weighted by Gasteiger charge is 2.47. The molecule has 1 fully saturated rings. The summed E-state index contributed by atoms with van der Waals surface area (Å²) in [5, 5.41) is 3.66. The number of anilines is 2. The number of nitrogens with zero attached hydrogens (tertiary/aromatic N) is 2. The molecule has 0 aliphatic carbocycles. The van der Waals surface area contributed by atoms with Crippen LogP contribution in [0.2, 0.25) is 0 Å². The van der Waals surface area contributed by atoms with E-state index in [1.807, 2.05) is 67.3 Å². The molecule has 8 heteroatoms. The molecule has 2 atom stereocenters. The Morgan fingerprint density at radius 2 is 1.93 bits per heavy atom. The van der Waals surface area contributed by atoms with E-state index < -0.39 is 9.84 Å². The van der Waals surface area contributed by atoms with Crippen molar-refractivity contribution in [1.29, 1.82) is 0 Å². The van der Waals surface area contributed by atoms with Crippen LogP contribution < -0.4 is 10.2 Å². The van der Waals surface area contributed by atoms with Gasteiger partial charge in [0.2, 0.25) is 5.91 Å². The predicted octanol–water partition coefficient (Wildman–Crippen LogP) is 3.02. The van der Waals surface area contributed by atoms with E-state index in [1.54, 1.807) is 0 Å². The molecule has 1 amide bonds. The second kappa shape index (κ2) is 7.84. The van der Waals surface area contributed by atoms with Gasteiger partial charge in [0.1, 0.15) is 0 Å². The molecule has 0 spiro atoms. The van der Waals surface area contributed by atoms with Gasteiger partial charge >= 0.3 is 0 Å². The van der Waals surface area contributed by atoms with Crippen LogP contribution in [0.15, 0.2) is 53.5 Å². The van der Waals surface area contributed by atoms with Gasteiger partial charge in [-0.15, -0.1) is 0 Å². The Bertz CT molecular complexity index is 1070. The lowest BCUT2D eigenvalue weighted by Gasteiger charge is -2.26. The van der Waals surface area contributed by atoms with E-state index in [0.29, 0.717) is 5.17 Å². The highest BCUT2D eigenvalue weighted by atomic mass is 32.2. The van der Waals surface area contributed by atoms with Crippen LogP contribution in [0.4, 0.5) is 11.4 Å². The third-order valence-electron chi connectivity index (χ3n) is 5.13. The molecule has 152 valence electrons. The van der Waals surface area contributed by atoms with Crippen molar-refractivity contribution in [3.05, 3.63) is 59.7 Å². The van der Waals surface area contributed by atoms with Crippen molar-refractivity contribution in [3.63, 3.8) is 0 Å². The largest absolute Gasteiger partial charge is 0.325 e. The van der Waals surface area contributed by atoms with E-state index >= 15 is 0 Å². The number of amides is 1. The Morgan fingerprint density at radius 3 is 2.66 bits per heavy atom. The molecule has 2 aromatic rings. The number of para-hydroxylation sites is 1. The predicted molar refractivity (Wildman–Crippen MR) is 120 cm³/mol. The first-order valence-corrected chi connectivity index (χ1v) is 12.3. The van der Waals surface area contributed by atoms with Crippen molar-refractivity contribution in [2.45, 2.75) is 25.9 Å². The number of hydrogen-bond acceptors (Lipinski definition) is 6. The van der Waals surface area contributed by atoms with Gasteiger partial charge in [0.05, 0.1) is 29.3 Å². The highest BCUT2D eigenvalue weighted by molar-refractivity contribution is 8.14. The lowest BCUT2D eigenvalue weighted by molar-refractivity contribution is -0.113. The molecule has 4 rings (SSSR count). The summed E-state index contributed by atoms with van der Waals surface area (Å²) in [6.45, 7) is 3.98. The SMILES string of the molecule is Cc1ccc(NC(=O)CSC2=N[C@@H]3CS(=O)(=O)C[C@H]3N2c2ccccc2)c(C)c1. The van der Waals surface area contributed by atoms with Crippen LogP contribution in [-0.2, 0) is 14.6 Å². The number of rotatable bonds is 4. The number of hydrogen-bond donors (Lipinski definition) is 1. The smallest absolute Gasteiger partial charge is 0.234 e. The van der Waals surface area contributed by atoms with Gasteiger partial charge in [-0.25, -0.2) is 8.42 Å². The van der Waals surface area contributed by atoms with Crippen molar-refractivity contribution < 1.29 is 13.2 Å². The first-order valence-electron chi connectivity index (χ1n) is 9.45. The molecular formula is C21H23N3O3S2. The summed E-state index contributed by atoms with van der Waals surface area (Å²) in [5.41, 5.74) is 3.87. The number of benzene rings is 2. The van der Waals surface area contributed by atoms with Crippen LogP contribution in [0.5, 0.6) is 0 Å². The van der Waals surface area contributed by atoms with Gasteiger partial charge in [0.25, 0.3) is 0 Å². The fraction of sp³-hybridized carbons (Fsp3) is 0.333. The zero-order chi connectivity index (χ0) is 20.6. The number of aliphatic imine (C=N–C) groups is 1. The molecule has 1 saturated heterocycles. The summed E-state index contributed by atoms with van der Waals surface area (Å²) in [6, 6.07) is 15.1. The third kappa shape index (κ3) is 4.33. The zero-order valence-electron chi connectivity index (χ0n) is 16.3. The van der Waals surface area contributed by atoms with Crippen LogP contribution >= 0.6 is 11.8 Å². The summed E-state index contributed by atoms with van der Waals surface area (Å²) < 4.78 is 24.2. The fourth-order valence-electron chi connectivity index (χ4n) is 3.79. The fourth-order valence-corrected chi connectivity index (χ4v) is 6.56. The molecule has 0 radical (unpaired) electrons. The molecule has 2 aromatic carbocycles. The monoisotopic (exact) mass is 429 g/mol. The van der Waals surface area contributed by atoms with Crippen LogP contribution in [0.25, 0.3) is 0 Å². The molecule has 0 bridgehead atoms. The molecule has 2 heterocycles. The summed E-state index contributed by atoms with van der Waals surface area (Å²) >= 11 is 1.35. The van der Waals surface area contributed by atoms with Gasteiger partial charge in [0, 0.05) is 11.4 Å². The van der Waals surface area contributed by atoms with Gasteiger partial charge in [-0.3, -0.25) is 9.79 Å². The average Bonchev–Trinajstić information content (AvgIpc) is 3.14. The summed E-state index contributed by atoms with van der Waals surface area (Å²) in [5.74, 6) is 0.262. The van der Waals surface area contributed by atoms with Gasteiger partial charge in [-0.1, -0.05) is 47.7 Å². The van der Waals surface area contributed by atoms with E-state index in [0.717, 1.165) is 22.5 Å². The van der Waals surface area contributed by atoms with Crippen LogP contribution in [0, 0.1) is 13.8 Å². The lowest BCUT2D eigenvalue weighted by Crippen LogP contribution is -2.39. The highest BCUT2D eigenvalue weighted by Crippen LogP contribution is 2.35. The molecule has 2 aliphatic heterocycles. The Hall–Kier alpha value is -2.32. The minimum absolute atomic E-state index is 0.0693. The molecule has 0 unspecified atom stereocenters. The topological polar surface area (TPSA) is 78.8 Å².